The second kappa shape index (κ2) is 8.69. The lowest BCUT2D eigenvalue weighted by atomic mass is 9.85. The highest BCUT2D eigenvalue weighted by molar-refractivity contribution is 7.85. The standard InChI is InChI=1S/C23H24O4S/c1-17-12-13-23(28(25,26)27)20(14-17)15-21(24)16-22(18-8-4-2-5-9-18)19-10-6-3-7-11-19/h2-14,21-22,24H,15-16H2,1H3,(H,25,26,27)/p-1. The summed E-state index contributed by atoms with van der Waals surface area (Å²) in [5, 5.41) is 10.8. The molecule has 146 valence electrons. The third-order valence-electron chi connectivity index (χ3n) is 4.85. The number of benzene rings is 3. The Labute approximate surface area is 166 Å². The first-order valence-electron chi connectivity index (χ1n) is 9.18. The predicted octanol–water partition coefficient (Wildman–Crippen LogP) is 4.02. The summed E-state index contributed by atoms with van der Waals surface area (Å²) in [4.78, 5) is -0.256. The molecule has 0 saturated carbocycles. The number of aliphatic hydroxyl groups is 1. The van der Waals surface area contributed by atoms with Crippen molar-refractivity contribution in [3.05, 3.63) is 101 Å². The maximum Gasteiger partial charge on any atom is 0.124 e. The van der Waals surface area contributed by atoms with Crippen molar-refractivity contribution < 1.29 is 18.1 Å². The second-order valence-electron chi connectivity index (χ2n) is 7.03. The molecule has 0 aliphatic carbocycles. The van der Waals surface area contributed by atoms with Crippen molar-refractivity contribution in [1.82, 2.24) is 0 Å². The van der Waals surface area contributed by atoms with Crippen molar-refractivity contribution in [3.8, 4) is 0 Å². The molecule has 28 heavy (non-hydrogen) atoms. The largest absolute Gasteiger partial charge is 0.744 e. The highest BCUT2D eigenvalue weighted by Crippen LogP contribution is 2.30. The first-order chi connectivity index (χ1) is 13.3. The molecule has 0 fully saturated rings. The summed E-state index contributed by atoms with van der Waals surface area (Å²) in [5.41, 5.74) is 3.36. The van der Waals surface area contributed by atoms with E-state index in [1.165, 1.54) is 6.07 Å². The van der Waals surface area contributed by atoms with Gasteiger partial charge in [0.1, 0.15) is 10.1 Å². The zero-order chi connectivity index (χ0) is 20.1. The molecule has 0 spiro atoms. The van der Waals surface area contributed by atoms with Gasteiger partial charge in [0, 0.05) is 5.92 Å². The molecule has 0 aliphatic rings. The van der Waals surface area contributed by atoms with Gasteiger partial charge in [-0.1, -0.05) is 78.4 Å². The molecular weight excluding hydrogens is 372 g/mol. The van der Waals surface area contributed by atoms with E-state index in [0.29, 0.717) is 12.0 Å². The maximum atomic E-state index is 11.6. The summed E-state index contributed by atoms with van der Waals surface area (Å²) < 4.78 is 34.7. The van der Waals surface area contributed by atoms with Gasteiger partial charge < -0.3 is 9.66 Å². The molecule has 1 unspecified atom stereocenters. The average molecular weight is 396 g/mol. The summed E-state index contributed by atoms with van der Waals surface area (Å²) in [7, 11) is -4.59. The highest BCUT2D eigenvalue weighted by Gasteiger charge is 2.20. The molecule has 5 heteroatoms. The molecule has 3 rings (SSSR count). The summed E-state index contributed by atoms with van der Waals surface area (Å²) in [6.07, 6.45) is -0.276. The van der Waals surface area contributed by atoms with Gasteiger partial charge in [0.15, 0.2) is 0 Å². The monoisotopic (exact) mass is 395 g/mol. The quantitative estimate of drug-likeness (QED) is 0.613. The number of hydrogen-bond donors (Lipinski definition) is 1. The van der Waals surface area contributed by atoms with Crippen molar-refractivity contribution in [2.45, 2.75) is 36.7 Å². The third-order valence-corrected chi connectivity index (χ3v) is 5.79. The Kier molecular flexibility index (Phi) is 6.29. The smallest absolute Gasteiger partial charge is 0.124 e. The lowest BCUT2D eigenvalue weighted by Crippen LogP contribution is -2.18. The van der Waals surface area contributed by atoms with Gasteiger partial charge in [0.2, 0.25) is 0 Å². The topological polar surface area (TPSA) is 77.4 Å². The Bertz CT molecular complexity index is 975. The van der Waals surface area contributed by atoms with E-state index in [4.69, 9.17) is 0 Å². The van der Waals surface area contributed by atoms with Crippen molar-refractivity contribution in [2.24, 2.45) is 0 Å². The van der Waals surface area contributed by atoms with Crippen LogP contribution in [0.2, 0.25) is 0 Å². The molecule has 1 atom stereocenters. The Hall–Kier alpha value is -2.47. The molecule has 0 aromatic heterocycles. The minimum absolute atomic E-state index is 0.0329. The normalized spacial score (nSPS) is 12.9. The van der Waals surface area contributed by atoms with E-state index in [1.54, 1.807) is 12.1 Å². The van der Waals surface area contributed by atoms with Crippen LogP contribution in [0.15, 0.2) is 83.8 Å². The molecule has 0 saturated heterocycles. The van der Waals surface area contributed by atoms with Crippen molar-refractivity contribution in [1.29, 1.82) is 0 Å². The van der Waals surface area contributed by atoms with Gasteiger partial charge >= 0.3 is 0 Å². The van der Waals surface area contributed by atoms with Crippen LogP contribution in [0, 0.1) is 6.92 Å². The number of aryl methyl sites for hydroxylation is 1. The molecule has 4 nitrogen and oxygen atoms in total. The fourth-order valence-corrected chi connectivity index (χ4v) is 4.25. The van der Waals surface area contributed by atoms with E-state index in [-0.39, 0.29) is 17.2 Å². The van der Waals surface area contributed by atoms with Gasteiger partial charge in [-0.15, -0.1) is 0 Å². The van der Waals surface area contributed by atoms with Crippen molar-refractivity contribution >= 4 is 10.1 Å². The Morgan fingerprint density at radius 3 is 1.93 bits per heavy atom. The van der Waals surface area contributed by atoms with Gasteiger partial charge in [0.05, 0.1) is 11.0 Å². The summed E-state index contributed by atoms with van der Waals surface area (Å²) >= 11 is 0. The molecular formula is C23H23O4S-. The van der Waals surface area contributed by atoms with Crippen LogP contribution < -0.4 is 0 Å². The van der Waals surface area contributed by atoms with Crippen LogP contribution in [0.1, 0.15) is 34.6 Å². The summed E-state index contributed by atoms with van der Waals surface area (Å²) in [5.74, 6) is -0.0329. The zero-order valence-electron chi connectivity index (χ0n) is 15.7. The van der Waals surface area contributed by atoms with Crippen molar-refractivity contribution in [2.75, 3.05) is 0 Å². The third kappa shape index (κ3) is 5.07. The van der Waals surface area contributed by atoms with Gasteiger partial charge in [-0.2, -0.15) is 0 Å². The van der Waals surface area contributed by atoms with E-state index in [9.17, 15) is 18.1 Å². The molecule has 0 heterocycles. The molecule has 0 radical (unpaired) electrons. The predicted molar refractivity (Wildman–Crippen MR) is 108 cm³/mol. The van der Waals surface area contributed by atoms with Crippen LogP contribution in [0.25, 0.3) is 0 Å². The average Bonchev–Trinajstić information content (AvgIpc) is 2.66. The van der Waals surface area contributed by atoms with Crippen molar-refractivity contribution in [3.63, 3.8) is 0 Å². The fourth-order valence-electron chi connectivity index (χ4n) is 3.56. The maximum absolute atomic E-state index is 11.6. The van der Waals surface area contributed by atoms with Gasteiger partial charge in [0.25, 0.3) is 0 Å². The Morgan fingerprint density at radius 2 is 1.43 bits per heavy atom. The fraction of sp³-hybridized carbons (Fsp3) is 0.217. The lowest BCUT2D eigenvalue weighted by molar-refractivity contribution is 0.159. The molecule has 1 N–H and O–H groups in total. The van der Waals surface area contributed by atoms with E-state index >= 15 is 0 Å². The van der Waals surface area contributed by atoms with Crippen LogP contribution in [0.4, 0.5) is 0 Å². The first kappa shape index (κ1) is 20.3. The molecule has 3 aromatic carbocycles. The SMILES string of the molecule is Cc1ccc(S(=O)(=O)[O-])c(CC(O)CC(c2ccccc2)c2ccccc2)c1. The van der Waals surface area contributed by atoms with E-state index in [2.05, 4.69) is 0 Å². The second-order valence-corrected chi connectivity index (χ2v) is 8.38. The summed E-state index contributed by atoms with van der Waals surface area (Å²) in [6, 6.07) is 24.4. The Balaban J connectivity index is 1.88. The lowest BCUT2D eigenvalue weighted by Gasteiger charge is -2.23. The van der Waals surface area contributed by atoms with E-state index < -0.39 is 16.2 Å². The number of aliphatic hydroxyl groups excluding tert-OH is 1. The molecule has 3 aromatic rings. The van der Waals surface area contributed by atoms with Gasteiger partial charge in [-0.25, -0.2) is 8.42 Å². The Morgan fingerprint density at radius 1 is 0.893 bits per heavy atom. The van der Waals surface area contributed by atoms with Crippen LogP contribution in [0.3, 0.4) is 0 Å². The minimum Gasteiger partial charge on any atom is -0.744 e. The molecule has 0 aliphatic heterocycles. The molecule has 0 bridgehead atoms. The van der Waals surface area contributed by atoms with Crippen LogP contribution in [-0.4, -0.2) is 24.2 Å². The van der Waals surface area contributed by atoms with Gasteiger partial charge in [-0.05, 0) is 42.5 Å². The number of rotatable bonds is 7. The van der Waals surface area contributed by atoms with Crippen LogP contribution in [0.5, 0.6) is 0 Å². The number of hydrogen-bond acceptors (Lipinski definition) is 4. The molecule has 0 amide bonds. The first-order valence-corrected chi connectivity index (χ1v) is 10.6. The summed E-state index contributed by atoms with van der Waals surface area (Å²) in [6.45, 7) is 1.83. The zero-order valence-corrected chi connectivity index (χ0v) is 16.5. The van der Waals surface area contributed by atoms with Crippen LogP contribution >= 0.6 is 0 Å². The van der Waals surface area contributed by atoms with Crippen LogP contribution in [-0.2, 0) is 16.5 Å². The minimum atomic E-state index is -4.59. The van der Waals surface area contributed by atoms with Gasteiger partial charge in [-0.3, -0.25) is 0 Å². The van der Waals surface area contributed by atoms with E-state index in [0.717, 1.165) is 16.7 Å². The van der Waals surface area contributed by atoms with E-state index in [1.807, 2.05) is 67.6 Å². The highest BCUT2D eigenvalue weighted by atomic mass is 32.2.